The fraction of sp³-hybridized carbons (Fsp3) is 0.200. The van der Waals surface area contributed by atoms with Crippen molar-refractivity contribution < 1.29 is 4.39 Å². The number of hydrogen-bond acceptors (Lipinski definition) is 3. The fourth-order valence-corrected chi connectivity index (χ4v) is 1.83. The number of halogens is 1. The lowest BCUT2D eigenvalue weighted by molar-refractivity contribution is 0.591. The lowest BCUT2D eigenvalue weighted by atomic mass is 10.1. The molecular weight excluding hydrogens is 273 g/mol. The number of aromatic amines is 1. The van der Waals surface area contributed by atoms with Gasteiger partial charge in [-0.25, -0.2) is 9.18 Å². The number of nitrogens with two attached hydrogens (primary N) is 1. The van der Waals surface area contributed by atoms with E-state index < -0.39 is 17.1 Å². The van der Waals surface area contributed by atoms with Gasteiger partial charge in [0.1, 0.15) is 5.82 Å². The average Bonchev–Trinajstić information content (AvgIpc) is 2.45. The van der Waals surface area contributed by atoms with E-state index >= 15 is 0 Å². The second kappa shape index (κ2) is 6.20. The van der Waals surface area contributed by atoms with Crippen LogP contribution in [0.3, 0.4) is 0 Å². The van der Waals surface area contributed by atoms with Gasteiger partial charge in [0.05, 0.1) is 13.1 Å². The minimum Gasteiger partial charge on any atom is -0.320 e. The second-order valence-corrected chi connectivity index (χ2v) is 4.51. The van der Waals surface area contributed by atoms with Gasteiger partial charge in [-0.3, -0.25) is 14.3 Å². The van der Waals surface area contributed by atoms with Crippen LogP contribution in [0.4, 0.5) is 4.39 Å². The van der Waals surface area contributed by atoms with Crippen LogP contribution in [0.1, 0.15) is 16.7 Å². The molecule has 5 nitrogen and oxygen atoms in total. The zero-order chi connectivity index (χ0) is 15.4. The molecule has 21 heavy (non-hydrogen) atoms. The minimum atomic E-state index is -0.572. The maximum Gasteiger partial charge on any atom is 0.328 e. The van der Waals surface area contributed by atoms with E-state index in [0.717, 1.165) is 0 Å². The SMILES string of the molecule is Cc1cn(Cc2ccc(C#CCN)cc2F)c(=O)[nH]c1=O. The largest absolute Gasteiger partial charge is 0.328 e. The van der Waals surface area contributed by atoms with Crippen LogP contribution >= 0.6 is 0 Å². The molecule has 3 N–H and O–H groups in total. The number of nitrogens with zero attached hydrogens (tertiary/aromatic N) is 1. The van der Waals surface area contributed by atoms with Crippen LogP contribution in [0.15, 0.2) is 34.0 Å². The van der Waals surface area contributed by atoms with E-state index in [1.165, 1.54) is 16.8 Å². The molecule has 0 radical (unpaired) electrons. The first-order valence-corrected chi connectivity index (χ1v) is 6.29. The maximum atomic E-state index is 14.0. The molecule has 1 heterocycles. The molecule has 1 aromatic heterocycles. The summed E-state index contributed by atoms with van der Waals surface area (Å²) in [5, 5.41) is 0. The Balaban J connectivity index is 2.34. The Morgan fingerprint density at radius 2 is 2.14 bits per heavy atom. The van der Waals surface area contributed by atoms with E-state index in [-0.39, 0.29) is 13.1 Å². The predicted octanol–water partition coefficient (Wildman–Crippen LogP) is 0.343. The molecule has 0 saturated heterocycles. The summed E-state index contributed by atoms with van der Waals surface area (Å²) < 4.78 is 15.2. The number of aromatic nitrogens is 2. The van der Waals surface area contributed by atoms with Crippen molar-refractivity contribution in [3.63, 3.8) is 0 Å². The second-order valence-electron chi connectivity index (χ2n) is 4.51. The number of aryl methyl sites for hydroxylation is 1. The molecule has 2 rings (SSSR count). The van der Waals surface area contributed by atoms with Crippen LogP contribution in [0.5, 0.6) is 0 Å². The lowest BCUT2D eigenvalue weighted by Gasteiger charge is -2.07. The van der Waals surface area contributed by atoms with E-state index in [0.29, 0.717) is 16.7 Å². The Morgan fingerprint density at radius 1 is 1.38 bits per heavy atom. The summed E-state index contributed by atoms with van der Waals surface area (Å²) in [6.45, 7) is 1.82. The number of benzene rings is 1. The highest BCUT2D eigenvalue weighted by molar-refractivity contribution is 5.37. The Bertz CT molecular complexity index is 840. The maximum absolute atomic E-state index is 14.0. The summed E-state index contributed by atoms with van der Waals surface area (Å²) in [7, 11) is 0. The third-order valence-electron chi connectivity index (χ3n) is 2.92. The van der Waals surface area contributed by atoms with E-state index in [1.54, 1.807) is 19.1 Å². The molecule has 0 aliphatic carbocycles. The van der Waals surface area contributed by atoms with Crippen molar-refractivity contribution in [1.29, 1.82) is 0 Å². The third kappa shape index (κ3) is 3.46. The molecule has 0 bridgehead atoms. The number of hydrogen-bond donors (Lipinski definition) is 2. The summed E-state index contributed by atoms with van der Waals surface area (Å²) in [5.41, 5.74) is 5.49. The van der Waals surface area contributed by atoms with Crippen molar-refractivity contribution in [1.82, 2.24) is 9.55 Å². The normalized spacial score (nSPS) is 10.0. The van der Waals surface area contributed by atoms with Crippen LogP contribution in [-0.4, -0.2) is 16.1 Å². The van der Waals surface area contributed by atoms with Gasteiger partial charge in [0.25, 0.3) is 5.56 Å². The molecule has 0 unspecified atom stereocenters. The van der Waals surface area contributed by atoms with Gasteiger partial charge in [-0.15, -0.1) is 0 Å². The fourth-order valence-electron chi connectivity index (χ4n) is 1.83. The Labute approximate surface area is 120 Å². The standard InChI is InChI=1S/C15H14FN3O2/c1-10-8-19(15(21)18-14(10)20)9-12-5-4-11(3-2-6-17)7-13(12)16/h4-5,7-8H,6,9,17H2,1H3,(H,18,20,21). The van der Waals surface area contributed by atoms with Gasteiger partial charge in [-0.05, 0) is 19.1 Å². The molecule has 0 aliphatic heterocycles. The van der Waals surface area contributed by atoms with Gasteiger partial charge in [0.2, 0.25) is 0 Å². The molecule has 0 spiro atoms. The van der Waals surface area contributed by atoms with Crippen molar-refractivity contribution in [2.24, 2.45) is 5.73 Å². The van der Waals surface area contributed by atoms with E-state index in [4.69, 9.17) is 5.73 Å². The third-order valence-corrected chi connectivity index (χ3v) is 2.92. The van der Waals surface area contributed by atoms with Crippen molar-refractivity contribution in [2.75, 3.05) is 6.54 Å². The molecule has 1 aromatic carbocycles. The molecule has 0 atom stereocenters. The minimum absolute atomic E-state index is 0.0346. The van der Waals surface area contributed by atoms with Gasteiger partial charge in [0, 0.05) is 22.9 Å². The highest BCUT2D eigenvalue weighted by atomic mass is 19.1. The number of nitrogens with one attached hydrogen (secondary N) is 1. The lowest BCUT2D eigenvalue weighted by Crippen LogP contribution is -2.31. The molecular formula is C15H14FN3O2. The first-order valence-electron chi connectivity index (χ1n) is 6.29. The van der Waals surface area contributed by atoms with E-state index in [2.05, 4.69) is 16.8 Å². The Morgan fingerprint density at radius 3 is 2.81 bits per heavy atom. The first kappa shape index (κ1) is 14.8. The zero-order valence-electron chi connectivity index (χ0n) is 11.4. The summed E-state index contributed by atoms with van der Waals surface area (Å²) in [6, 6.07) is 4.51. The topological polar surface area (TPSA) is 80.9 Å². The predicted molar refractivity (Wildman–Crippen MR) is 77.5 cm³/mol. The van der Waals surface area contributed by atoms with E-state index in [1.807, 2.05) is 0 Å². The van der Waals surface area contributed by atoms with Gasteiger partial charge in [-0.2, -0.15) is 0 Å². The quantitative estimate of drug-likeness (QED) is 0.782. The summed E-state index contributed by atoms with van der Waals surface area (Å²) in [5.74, 6) is 4.91. The van der Waals surface area contributed by atoms with Gasteiger partial charge < -0.3 is 5.73 Å². The molecule has 6 heteroatoms. The van der Waals surface area contributed by atoms with Crippen molar-refractivity contribution in [3.05, 3.63) is 67.7 Å². The monoisotopic (exact) mass is 287 g/mol. The number of H-pyrrole nitrogens is 1. The van der Waals surface area contributed by atoms with Crippen molar-refractivity contribution in [2.45, 2.75) is 13.5 Å². The highest BCUT2D eigenvalue weighted by Crippen LogP contribution is 2.11. The van der Waals surface area contributed by atoms with Crippen molar-refractivity contribution >= 4 is 0 Å². The van der Waals surface area contributed by atoms with Gasteiger partial charge >= 0.3 is 5.69 Å². The summed E-state index contributed by atoms with van der Waals surface area (Å²) in [4.78, 5) is 25.1. The summed E-state index contributed by atoms with van der Waals surface area (Å²) >= 11 is 0. The van der Waals surface area contributed by atoms with Crippen molar-refractivity contribution in [3.8, 4) is 11.8 Å². The average molecular weight is 287 g/mol. The van der Waals surface area contributed by atoms with Crippen LogP contribution < -0.4 is 17.0 Å². The summed E-state index contributed by atoms with van der Waals surface area (Å²) in [6.07, 6.45) is 1.41. The van der Waals surface area contributed by atoms with Gasteiger partial charge in [-0.1, -0.05) is 17.9 Å². The smallest absolute Gasteiger partial charge is 0.320 e. The van der Waals surface area contributed by atoms with Gasteiger partial charge in [0.15, 0.2) is 0 Å². The van der Waals surface area contributed by atoms with Crippen LogP contribution in [0.2, 0.25) is 0 Å². The highest BCUT2D eigenvalue weighted by Gasteiger charge is 2.06. The van der Waals surface area contributed by atoms with Crippen LogP contribution in [0.25, 0.3) is 0 Å². The molecule has 2 aromatic rings. The number of rotatable bonds is 2. The Kier molecular flexibility index (Phi) is 4.36. The first-order chi connectivity index (χ1) is 10.0. The molecule has 0 amide bonds. The van der Waals surface area contributed by atoms with Crippen LogP contribution in [-0.2, 0) is 6.54 Å². The zero-order valence-corrected chi connectivity index (χ0v) is 11.4. The van der Waals surface area contributed by atoms with Crippen LogP contribution in [0, 0.1) is 24.6 Å². The molecule has 0 saturated carbocycles. The molecule has 108 valence electrons. The molecule has 0 aliphatic rings. The Hall–Kier alpha value is -2.65. The van der Waals surface area contributed by atoms with E-state index in [9.17, 15) is 14.0 Å². The molecule has 0 fully saturated rings.